The highest BCUT2D eigenvalue weighted by Crippen LogP contribution is 2.57. The van der Waals surface area contributed by atoms with Gasteiger partial charge in [0.1, 0.15) is 47.7 Å². The third-order valence-electron chi connectivity index (χ3n) is 10.4. The highest BCUT2D eigenvalue weighted by Gasteiger charge is 2.56. The van der Waals surface area contributed by atoms with Gasteiger partial charge in [-0.05, 0) is 98.9 Å². The third-order valence-corrected chi connectivity index (χ3v) is 10.4. The second-order valence-corrected chi connectivity index (χ2v) is 14.2. The van der Waals surface area contributed by atoms with Crippen LogP contribution in [0.3, 0.4) is 0 Å². The molecule has 8 rings (SSSR count). The molecule has 0 amide bonds. The van der Waals surface area contributed by atoms with Crippen LogP contribution in [0.25, 0.3) is 0 Å². The molecule has 0 saturated carbocycles. The summed E-state index contributed by atoms with van der Waals surface area (Å²) in [5.41, 5.74) is 2.81. The lowest BCUT2D eigenvalue weighted by atomic mass is 9.72. The summed E-state index contributed by atoms with van der Waals surface area (Å²) in [6, 6.07) is 32.2. The Hall–Kier alpha value is -5.45. The van der Waals surface area contributed by atoms with Gasteiger partial charge in [0.15, 0.2) is 5.60 Å². The Kier molecular flexibility index (Phi) is 8.19. The maximum Gasteiger partial charge on any atom is 0.494 e. The van der Waals surface area contributed by atoms with Gasteiger partial charge in [-0.25, -0.2) is 4.79 Å². The van der Waals surface area contributed by atoms with Crippen LogP contribution in [-0.2, 0) is 32.9 Å². The number of hydrogen-bond acceptors (Lipinski definition) is 9. The van der Waals surface area contributed by atoms with E-state index in [2.05, 4.69) is 0 Å². The van der Waals surface area contributed by atoms with Crippen LogP contribution >= 0.6 is 0 Å². The number of carbonyl (C=O) groups is 1. The van der Waals surface area contributed by atoms with E-state index in [0.717, 1.165) is 28.1 Å². The van der Waals surface area contributed by atoms with Gasteiger partial charge in [0.25, 0.3) is 0 Å². The van der Waals surface area contributed by atoms with Gasteiger partial charge < -0.3 is 37.7 Å². The molecule has 5 aromatic rings. The second kappa shape index (κ2) is 12.6. The largest absolute Gasteiger partial charge is 0.497 e. The molecule has 0 aromatic heterocycles. The molecule has 3 aliphatic heterocycles. The molecule has 0 unspecified atom stereocenters. The predicted molar refractivity (Wildman–Crippen MR) is 195 cm³/mol. The molecule has 0 bridgehead atoms. The van der Waals surface area contributed by atoms with E-state index in [1.165, 1.54) is 0 Å². The van der Waals surface area contributed by atoms with Crippen LogP contribution in [0.2, 0.25) is 0 Å². The maximum absolute atomic E-state index is 13.7. The van der Waals surface area contributed by atoms with E-state index in [1.54, 1.807) is 20.3 Å². The van der Waals surface area contributed by atoms with Gasteiger partial charge in [-0.1, -0.05) is 36.4 Å². The Bertz CT molecular complexity index is 2040. The molecule has 10 heteroatoms. The first-order valence-corrected chi connectivity index (χ1v) is 17.2. The minimum atomic E-state index is -1.32. The fraction of sp³-hybridized carbons (Fsp3) is 0.262. The molecule has 0 N–H and O–H groups in total. The normalized spacial score (nSPS) is 17.0. The van der Waals surface area contributed by atoms with E-state index < -0.39 is 29.9 Å². The zero-order valence-corrected chi connectivity index (χ0v) is 30.0. The van der Waals surface area contributed by atoms with Crippen molar-refractivity contribution < 1.29 is 42.5 Å². The van der Waals surface area contributed by atoms with Crippen molar-refractivity contribution in [3.63, 3.8) is 0 Å². The number of rotatable bonds is 9. The number of fused-ring (bicyclic) bond motifs is 6. The highest BCUT2D eigenvalue weighted by atomic mass is 16.7. The number of hydrogen-bond donors (Lipinski definition) is 0. The van der Waals surface area contributed by atoms with Gasteiger partial charge >= 0.3 is 13.1 Å². The summed E-state index contributed by atoms with van der Waals surface area (Å²) in [5, 5.41) is 0. The van der Waals surface area contributed by atoms with Crippen molar-refractivity contribution in [3.05, 3.63) is 137 Å². The Morgan fingerprint density at radius 2 is 1.06 bits per heavy atom. The Balaban J connectivity index is 1.19. The molecular weight excluding hydrogens is 659 g/mol. The van der Waals surface area contributed by atoms with Crippen molar-refractivity contribution in [2.24, 2.45) is 0 Å². The van der Waals surface area contributed by atoms with E-state index in [9.17, 15) is 4.79 Å². The third kappa shape index (κ3) is 5.72. The van der Waals surface area contributed by atoms with Gasteiger partial charge in [0, 0.05) is 28.8 Å². The molecule has 0 radical (unpaired) electrons. The van der Waals surface area contributed by atoms with Crippen molar-refractivity contribution in [1.82, 2.24) is 0 Å². The van der Waals surface area contributed by atoms with Gasteiger partial charge in [0.2, 0.25) is 0 Å². The number of ether oxygens (including phenoxy) is 6. The van der Waals surface area contributed by atoms with E-state index >= 15 is 0 Å². The first kappa shape index (κ1) is 33.7. The lowest BCUT2D eigenvalue weighted by molar-refractivity contribution is 0.00578. The number of benzene rings is 5. The molecule has 1 saturated heterocycles. The van der Waals surface area contributed by atoms with Gasteiger partial charge in [0.05, 0.1) is 31.0 Å². The van der Waals surface area contributed by atoms with Crippen LogP contribution in [0, 0.1) is 0 Å². The summed E-state index contributed by atoms with van der Waals surface area (Å²) in [4.78, 5) is 13.7. The minimum Gasteiger partial charge on any atom is -0.497 e. The quantitative estimate of drug-likeness (QED) is 0.113. The van der Waals surface area contributed by atoms with Crippen LogP contribution in [-0.4, -0.2) is 38.5 Å². The summed E-state index contributed by atoms with van der Waals surface area (Å²) in [7, 11) is 2.64. The van der Waals surface area contributed by atoms with Crippen LogP contribution in [0.4, 0.5) is 0 Å². The topological polar surface area (TPSA) is 90.9 Å². The molecule has 0 aliphatic carbocycles. The Morgan fingerprint density at radius 1 is 0.577 bits per heavy atom. The lowest BCUT2D eigenvalue weighted by Crippen LogP contribution is -2.41. The summed E-state index contributed by atoms with van der Waals surface area (Å²) in [5.74, 6) is 3.29. The first-order chi connectivity index (χ1) is 25.0. The molecular formula is C42H39BO9. The lowest BCUT2D eigenvalue weighted by Gasteiger charge is -2.37. The minimum absolute atomic E-state index is 0.336. The zero-order chi connectivity index (χ0) is 36.3. The zero-order valence-electron chi connectivity index (χ0n) is 30.0. The summed E-state index contributed by atoms with van der Waals surface area (Å²) in [6.45, 7) is 8.74. The second-order valence-electron chi connectivity index (χ2n) is 14.2. The fourth-order valence-electron chi connectivity index (χ4n) is 6.78. The molecule has 5 aromatic carbocycles. The maximum atomic E-state index is 13.7. The van der Waals surface area contributed by atoms with Crippen molar-refractivity contribution in [3.8, 4) is 34.5 Å². The van der Waals surface area contributed by atoms with Crippen molar-refractivity contribution >= 4 is 18.6 Å². The molecule has 1 fully saturated rings. The summed E-state index contributed by atoms with van der Waals surface area (Å²) in [6.07, 6.45) is 0. The van der Waals surface area contributed by atoms with Crippen LogP contribution in [0.15, 0.2) is 103 Å². The highest BCUT2D eigenvalue weighted by molar-refractivity contribution is 6.62. The van der Waals surface area contributed by atoms with Gasteiger partial charge in [-0.2, -0.15) is 0 Å². The first-order valence-electron chi connectivity index (χ1n) is 17.2. The van der Waals surface area contributed by atoms with Crippen molar-refractivity contribution in [2.75, 3.05) is 14.2 Å². The predicted octanol–water partition coefficient (Wildman–Crippen LogP) is 7.73. The van der Waals surface area contributed by atoms with E-state index in [-0.39, 0.29) is 0 Å². The molecule has 264 valence electrons. The number of esters is 1. The Labute approximate surface area is 303 Å². The van der Waals surface area contributed by atoms with E-state index in [4.69, 9.17) is 37.7 Å². The van der Waals surface area contributed by atoms with Crippen LogP contribution < -0.4 is 29.1 Å². The van der Waals surface area contributed by atoms with Crippen LogP contribution in [0.5, 0.6) is 34.5 Å². The molecule has 9 nitrogen and oxygen atoms in total. The summed E-state index contributed by atoms with van der Waals surface area (Å²) < 4.78 is 48.9. The van der Waals surface area contributed by atoms with Gasteiger partial charge in [-0.15, -0.1) is 0 Å². The smallest absolute Gasteiger partial charge is 0.494 e. The van der Waals surface area contributed by atoms with Crippen molar-refractivity contribution in [1.29, 1.82) is 0 Å². The molecule has 52 heavy (non-hydrogen) atoms. The van der Waals surface area contributed by atoms with Crippen molar-refractivity contribution in [2.45, 2.75) is 57.7 Å². The van der Waals surface area contributed by atoms with Gasteiger partial charge in [-0.3, -0.25) is 0 Å². The fourth-order valence-corrected chi connectivity index (χ4v) is 6.78. The van der Waals surface area contributed by atoms with Crippen LogP contribution in [0.1, 0.15) is 65.9 Å². The number of methoxy groups -OCH3 is 2. The van der Waals surface area contributed by atoms with E-state index in [1.807, 2.05) is 125 Å². The SMILES string of the molecule is COc1ccc(COc2ccc3c(c2)Oc2cc(OCc4ccc(OC)cc4)ccc2C32OC(=O)c3ccc(B4OC(C)(C)C(C)(C)O4)cc32)cc1. The molecule has 3 heterocycles. The summed E-state index contributed by atoms with van der Waals surface area (Å²) >= 11 is 0. The molecule has 3 aliphatic rings. The average Bonchev–Trinajstić information content (AvgIpc) is 3.56. The number of carbonyl (C=O) groups excluding carboxylic acids is 1. The monoisotopic (exact) mass is 698 g/mol. The Morgan fingerprint density at radius 3 is 1.54 bits per heavy atom. The standard InChI is InChI=1S/C42H39BO9/c1-40(2)41(3,4)52-43(51-40)28-11-18-33-36(21-28)42(50-39(33)44)34-19-16-31(47-24-26-7-12-29(45-5)13-8-26)22-37(34)49-38-23-32(17-20-35(38)42)48-25-27-9-14-30(46-6)15-10-27/h7-23H,24-25H2,1-6H3. The molecule has 0 atom stereocenters. The van der Waals surface area contributed by atoms with E-state index in [0.29, 0.717) is 58.5 Å². The average molecular weight is 699 g/mol. The molecule has 1 spiro atoms.